The van der Waals surface area contributed by atoms with Crippen LogP contribution in [0.2, 0.25) is 0 Å². The predicted molar refractivity (Wildman–Crippen MR) is 68.8 cm³/mol. The monoisotopic (exact) mass is 221 g/mol. The van der Waals surface area contributed by atoms with Crippen LogP contribution in [0.3, 0.4) is 0 Å². The highest BCUT2D eigenvalue weighted by Gasteiger charge is 2.03. The Labute approximate surface area is 98.8 Å². The molecule has 0 fully saturated rings. The van der Waals surface area contributed by atoms with Gasteiger partial charge in [0.2, 0.25) is 0 Å². The zero-order valence-electron chi connectivity index (χ0n) is 10.4. The number of ether oxygens (including phenoxy) is 1. The average Bonchev–Trinajstić information content (AvgIpc) is 2.28. The van der Waals surface area contributed by atoms with Crippen LogP contribution in [0.5, 0.6) is 5.75 Å². The molecule has 2 N–H and O–H groups in total. The fourth-order valence-corrected chi connectivity index (χ4v) is 1.56. The lowest BCUT2D eigenvalue weighted by atomic mass is 10.1. The molecule has 90 valence electrons. The largest absolute Gasteiger partial charge is 0.493 e. The molecule has 1 unspecified atom stereocenters. The topological polar surface area (TPSA) is 35.2 Å². The first kappa shape index (κ1) is 13.0. The Balaban J connectivity index is 2.53. The number of para-hydroxylation sites is 1. The normalized spacial score (nSPS) is 12.4. The molecule has 1 atom stereocenters. The fourth-order valence-electron chi connectivity index (χ4n) is 1.56. The molecule has 0 aliphatic heterocycles. The van der Waals surface area contributed by atoms with Crippen LogP contribution in [0.25, 0.3) is 0 Å². The minimum Gasteiger partial charge on any atom is -0.493 e. The number of unbranched alkanes of at least 4 members (excludes halogenated alkanes) is 1. The molecule has 1 aromatic rings. The molecule has 0 saturated heterocycles. The van der Waals surface area contributed by atoms with E-state index >= 15 is 0 Å². The van der Waals surface area contributed by atoms with Crippen molar-refractivity contribution < 1.29 is 4.74 Å². The lowest BCUT2D eigenvalue weighted by molar-refractivity contribution is 0.306. The third-order valence-corrected chi connectivity index (χ3v) is 2.60. The summed E-state index contributed by atoms with van der Waals surface area (Å²) in [7, 11) is 0. The molecular formula is C14H23NO. The third kappa shape index (κ3) is 4.67. The van der Waals surface area contributed by atoms with E-state index in [-0.39, 0.29) is 6.04 Å². The summed E-state index contributed by atoms with van der Waals surface area (Å²) in [5.41, 5.74) is 7.05. The van der Waals surface area contributed by atoms with E-state index in [9.17, 15) is 0 Å². The smallest absolute Gasteiger partial charge is 0.122 e. The number of nitrogens with two attached hydrogens (primary N) is 1. The molecule has 16 heavy (non-hydrogen) atoms. The zero-order valence-corrected chi connectivity index (χ0v) is 10.4. The van der Waals surface area contributed by atoms with E-state index in [0.717, 1.165) is 31.6 Å². The maximum absolute atomic E-state index is 5.77. The molecular weight excluding hydrogens is 198 g/mol. The summed E-state index contributed by atoms with van der Waals surface area (Å²) >= 11 is 0. The van der Waals surface area contributed by atoms with Gasteiger partial charge in [-0.25, -0.2) is 0 Å². The molecule has 0 saturated carbocycles. The summed E-state index contributed by atoms with van der Waals surface area (Å²) in [6, 6.07) is 8.51. The third-order valence-electron chi connectivity index (χ3n) is 2.60. The van der Waals surface area contributed by atoms with Crippen LogP contribution in [0.15, 0.2) is 24.3 Å². The Morgan fingerprint density at radius 2 is 2.06 bits per heavy atom. The Kier molecular flexibility index (Phi) is 5.94. The number of hydrogen-bond donors (Lipinski definition) is 1. The second-order valence-corrected chi connectivity index (χ2v) is 4.33. The van der Waals surface area contributed by atoms with Gasteiger partial charge < -0.3 is 10.5 Å². The molecule has 0 amide bonds. The van der Waals surface area contributed by atoms with Crippen LogP contribution in [-0.4, -0.2) is 12.6 Å². The van der Waals surface area contributed by atoms with E-state index in [0.29, 0.717) is 0 Å². The van der Waals surface area contributed by atoms with Crippen molar-refractivity contribution in [1.29, 1.82) is 0 Å². The second kappa shape index (κ2) is 7.29. The highest BCUT2D eigenvalue weighted by atomic mass is 16.5. The van der Waals surface area contributed by atoms with Gasteiger partial charge in [0.1, 0.15) is 5.75 Å². The minimum atomic E-state index is 0.253. The van der Waals surface area contributed by atoms with Gasteiger partial charge in [0.05, 0.1) is 6.61 Å². The summed E-state index contributed by atoms with van der Waals surface area (Å²) in [5.74, 6) is 1.02. The molecule has 1 aromatic carbocycles. The van der Waals surface area contributed by atoms with Crippen LogP contribution in [0.1, 0.15) is 38.7 Å². The molecule has 0 aliphatic rings. The van der Waals surface area contributed by atoms with Gasteiger partial charge >= 0.3 is 0 Å². The van der Waals surface area contributed by atoms with Gasteiger partial charge in [-0.05, 0) is 37.8 Å². The average molecular weight is 221 g/mol. The lowest BCUT2D eigenvalue weighted by Gasteiger charge is -2.12. The maximum atomic E-state index is 5.77. The van der Waals surface area contributed by atoms with Crippen LogP contribution in [0, 0.1) is 0 Å². The maximum Gasteiger partial charge on any atom is 0.122 e. The van der Waals surface area contributed by atoms with E-state index in [1.165, 1.54) is 12.0 Å². The minimum absolute atomic E-state index is 0.253. The van der Waals surface area contributed by atoms with E-state index in [1.807, 2.05) is 19.1 Å². The summed E-state index contributed by atoms with van der Waals surface area (Å²) in [6.45, 7) is 5.03. The van der Waals surface area contributed by atoms with Gasteiger partial charge in [-0.1, -0.05) is 31.5 Å². The Morgan fingerprint density at radius 3 is 2.75 bits per heavy atom. The quantitative estimate of drug-likeness (QED) is 0.718. The molecule has 1 rings (SSSR count). The number of hydrogen-bond acceptors (Lipinski definition) is 2. The van der Waals surface area contributed by atoms with Crippen molar-refractivity contribution in [2.24, 2.45) is 5.73 Å². The molecule has 0 bridgehead atoms. The number of rotatable bonds is 7. The van der Waals surface area contributed by atoms with Crippen molar-refractivity contribution in [3.05, 3.63) is 29.8 Å². The van der Waals surface area contributed by atoms with E-state index in [4.69, 9.17) is 10.5 Å². The molecule has 0 aliphatic carbocycles. The zero-order chi connectivity index (χ0) is 11.8. The molecule has 2 nitrogen and oxygen atoms in total. The van der Waals surface area contributed by atoms with Gasteiger partial charge in [0.15, 0.2) is 0 Å². The first-order valence-electron chi connectivity index (χ1n) is 6.20. The summed E-state index contributed by atoms with van der Waals surface area (Å²) in [4.78, 5) is 0. The van der Waals surface area contributed by atoms with Crippen molar-refractivity contribution >= 4 is 0 Å². The van der Waals surface area contributed by atoms with Crippen LogP contribution < -0.4 is 10.5 Å². The molecule has 0 heterocycles. The summed E-state index contributed by atoms with van der Waals surface area (Å²) < 4.78 is 5.77. The lowest BCUT2D eigenvalue weighted by Crippen LogP contribution is -2.15. The van der Waals surface area contributed by atoms with Crippen molar-refractivity contribution in [1.82, 2.24) is 0 Å². The van der Waals surface area contributed by atoms with Crippen molar-refractivity contribution in [3.8, 4) is 5.75 Å². The number of aryl methyl sites for hydroxylation is 1. The standard InChI is InChI=1S/C14H23NO/c1-3-4-11-16-14-8-6-5-7-13(14)10-9-12(2)15/h5-8,12H,3-4,9-11,15H2,1-2H3. The van der Waals surface area contributed by atoms with Gasteiger partial charge in [-0.3, -0.25) is 0 Å². The number of benzene rings is 1. The molecule has 2 heteroatoms. The van der Waals surface area contributed by atoms with Gasteiger partial charge in [0, 0.05) is 6.04 Å². The van der Waals surface area contributed by atoms with Crippen molar-refractivity contribution in [3.63, 3.8) is 0 Å². The second-order valence-electron chi connectivity index (χ2n) is 4.33. The van der Waals surface area contributed by atoms with Crippen molar-refractivity contribution in [2.45, 2.75) is 45.6 Å². The van der Waals surface area contributed by atoms with Crippen LogP contribution in [0.4, 0.5) is 0 Å². The summed E-state index contributed by atoms with van der Waals surface area (Å²) in [6.07, 6.45) is 4.29. The van der Waals surface area contributed by atoms with Crippen molar-refractivity contribution in [2.75, 3.05) is 6.61 Å². The van der Waals surface area contributed by atoms with Gasteiger partial charge in [0.25, 0.3) is 0 Å². The van der Waals surface area contributed by atoms with E-state index in [1.54, 1.807) is 0 Å². The molecule has 0 aromatic heterocycles. The molecule has 0 spiro atoms. The summed E-state index contributed by atoms with van der Waals surface area (Å²) in [5, 5.41) is 0. The SMILES string of the molecule is CCCCOc1ccccc1CCC(C)N. The van der Waals surface area contributed by atoms with E-state index in [2.05, 4.69) is 19.1 Å². The first-order valence-corrected chi connectivity index (χ1v) is 6.20. The Bertz CT molecular complexity index is 297. The van der Waals surface area contributed by atoms with Gasteiger partial charge in [-0.2, -0.15) is 0 Å². The fraction of sp³-hybridized carbons (Fsp3) is 0.571. The highest BCUT2D eigenvalue weighted by Crippen LogP contribution is 2.20. The van der Waals surface area contributed by atoms with Gasteiger partial charge in [-0.15, -0.1) is 0 Å². The Morgan fingerprint density at radius 1 is 1.31 bits per heavy atom. The van der Waals surface area contributed by atoms with E-state index < -0.39 is 0 Å². The highest BCUT2D eigenvalue weighted by molar-refractivity contribution is 5.33. The van der Waals surface area contributed by atoms with Crippen LogP contribution in [-0.2, 0) is 6.42 Å². The Hall–Kier alpha value is -1.02. The van der Waals surface area contributed by atoms with Crippen LogP contribution >= 0.6 is 0 Å². The predicted octanol–water partition coefficient (Wildman–Crippen LogP) is 3.15. The molecule has 0 radical (unpaired) electrons. The first-order chi connectivity index (χ1) is 7.74.